The number of nitrogens with two attached hydrogens (primary N) is 1. The first kappa shape index (κ1) is 28.1. The van der Waals surface area contributed by atoms with E-state index >= 15 is 0 Å². The summed E-state index contributed by atoms with van der Waals surface area (Å²) >= 11 is 0. The number of sulfonamides is 1. The molecule has 2 aromatic carbocycles. The number of primary sulfonamides is 1. The molecule has 1 aliphatic rings. The first-order valence-corrected chi connectivity index (χ1v) is 12.4. The van der Waals surface area contributed by atoms with E-state index in [9.17, 15) is 26.4 Å². The molecule has 0 unspecified atom stereocenters. The number of unbranched alkanes of at least 4 members (excludes halogenated alkanes) is 1. The molecule has 0 bridgehead atoms. The van der Waals surface area contributed by atoms with Crippen LogP contribution in [0.2, 0.25) is 0 Å². The molecular weight excluding hydrogens is 493 g/mol. The Morgan fingerprint density at radius 1 is 1.09 bits per heavy atom. The van der Waals surface area contributed by atoms with Crippen LogP contribution in [0.3, 0.4) is 0 Å². The summed E-state index contributed by atoms with van der Waals surface area (Å²) in [5, 5.41) is 8.49. The third kappa shape index (κ3) is 7.97. The number of hydrogen-bond donors (Lipinski definition) is 2. The van der Waals surface area contributed by atoms with Gasteiger partial charge in [-0.15, -0.1) is 25.6 Å². The Morgan fingerprint density at radius 3 is 2.53 bits per heavy atom. The summed E-state index contributed by atoms with van der Waals surface area (Å²) in [4.78, 5) is 12.6. The molecule has 3 rings (SSSR count). The average molecular weight is 521 g/mol. The second-order valence-electron chi connectivity index (χ2n) is 8.05. The lowest BCUT2D eigenvalue weighted by Gasteiger charge is -2.13. The van der Waals surface area contributed by atoms with E-state index in [1.165, 1.54) is 18.2 Å². The van der Waals surface area contributed by atoms with E-state index in [2.05, 4.69) is 10.1 Å². The van der Waals surface area contributed by atoms with Gasteiger partial charge in [0.05, 0.1) is 4.90 Å². The van der Waals surface area contributed by atoms with Crippen molar-refractivity contribution >= 4 is 28.2 Å². The topological polar surface area (TPSA) is 98.5 Å². The fourth-order valence-corrected chi connectivity index (χ4v) is 4.91. The zero-order chi connectivity index (χ0) is 24.1. The zero-order valence-corrected chi connectivity index (χ0v) is 20.1. The number of carbonyl (C=O) groups excluding carboxylic acids is 1. The smallest absolute Gasteiger partial charge is 0.406 e. The van der Waals surface area contributed by atoms with E-state index in [0.717, 1.165) is 24.0 Å². The Hall–Kier alpha value is -2.14. The van der Waals surface area contributed by atoms with Crippen molar-refractivity contribution < 1.29 is 31.1 Å². The Morgan fingerprint density at radius 2 is 1.82 bits per heavy atom. The summed E-state index contributed by atoms with van der Waals surface area (Å²) in [6.45, 7) is 1.07. The highest BCUT2D eigenvalue weighted by molar-refractivity contribution is 7.89. The van der Waals surface area contributed by atoms with Crippen LogP contribution in [0.1, 0.15) is 52.7 Å². The minimum Gasteiger partial charge on any atom is -0.406 e. The molecule has 3 N–H and O–H groups in total. The molecule has 1 aliphatic carbocycles. The minimum absolute atomic E-state index is 0. The summed E-state index contributed by atoms with van der Waals surface area (Å²) in [7, 11) is -3.89. The van der Waals surface area contributed by atoms with Crippen LogP contribution in [0.15, 0.2) is 41.3 Å². The molecule has 2 aromatic rings. The molecule has 0 heterocycles. The normalized spacial score (nSPS) is 13.3. The average Bonchev–Trinajstić information content (AvgIpc) is 3.20. The summed E-state index contributed by atoms with van der Waals surface area (Å²) in [6.07, 6.45) is -0.573. The summed E-state index contributed by atoms with van der Waals surface area (Å²) in [6, 6.07) is 9.19. The number of hydrogen-bond acceptors (Lipinski definition) is 5. The van der Waals surface area contributed by atoms with Crippen LogP contribution in [0, 0.1) is 0 Å². The van der Waals surface area contributed by atoms with E-state index in [-0.39, 0.29) is 35.3 Å². The molecule has 0 aliphatic heterocycles. The van der Waals surface area contributed by atoms with E-state index < -0.39 is 16.4 Å². The molecule has 11 heteroatoms. The third-order valence-electron chi connectivity index (χ3n) is 5.58. The van der Waals surface area contributed by atoms with Crippen LogP contribution >= 0.6 is 12.4 Å². The number of ether oxygens (including phenoxy) is 1. The van der Waals surface area contributed by atoms with Gasteiger partial charge in [0.15, 0.2) is 5.78 Å². The molecule has 34 heavy (non-hydrogen) atoms. The number of alkyl halides is 3. The van der Waals surface area contributed by atoms with Gasteiger partial charge in [0.1, 0.15) is 5.75 Å². The van der Waals surface area contributed by atoms with Gasteiger partial charge in [-0.25, -0.2) is 13.6 Å². The quantitative estimate of drug-likeness (QED) is 0.339. The fourth-order valence-electron chi connectivity index (χ4n) is 4.04. The minimum atomic E-state index is -4.73. The fraction of sp³-hybridized carbons (Fsp3) is 0.435. The highest BCUT2D eigenvalue weighted by Crippen LogP contribution is 2.30. The van der Waals surface area contributed by atoms with E-state index in [4.69, 9.17) is 5.14 Å². The second-order valence-corrected chi connectivity index (χ2v) is 9.58. The number of benzene rings is 2. The standard InChI is InChI=1S/C23H27F3N2O4S.ClH/c24-23(25,26)32-21-10-2-1-6-16(21)11-13-28-12-4-3-9-20(29)18-14-17-7-5-8-19(17)22(15-18)33(27,30)31;/h1-2,6,10,14-15,28H,3-5,7-9,11-13H2,(H2,27,30,31);1H. The van der Waals surface area contributed by atoms with Gasteiger partial charge >= 0.3 is 6.36 Å². The van der Waals surface area contributed by atoms with Gasteiger partial charge < -0.3 is 10.1 Å². The van der Waals surface area contributed by atoms with Crippen LogP contribution in [0.25, 0.3) is 0 Å². The van der Waals surface area contributed by atoms with Gasteiger partial charge in [0.25, 0.3) is 0 Å². The maximum absolute atomic E-state index is 12.6. The maximum atomic E-state index is 12.6. The van der Waals surface area contributed by atoms with E-state index in [1.807, 2.05) is 0 Å². The van der Waals surface area contributed by atoms with Crippen molar-refractivity contribution in [1.29, 1.82) is 0 Å². The van der Waals surface area contributed by atoms with Gasteiger partial charge in [-0.05, 0) is 86.5 Å². The number of Topliss-reactive ketones (excluding diaryl/α,β-unsaturated/α-hetero) is 1. The monoisotopic (exact) mass is 520 g/mol. The lowest BCUT2D eigenvalue weighted by molar-refractivity contribution is -0.274. The molecule has 0 spiro atoms. The molecular formula is C23H28ClF3N2O4S. The predicted octanol–water partition coefficient (Wildman–Crippen LogP) is 4.33. The summed E-state index contributed by atoms with van der Waals surface area (Å²) < 4.78 is 65.3. The molecule has 0 amide bonds. The number of rotatable bonds is 11. The largest absolute Gasteiger partial charge is 0.573 e. The molecule has 0 fully saturated rings. The lowest BCUT2D eigenvalue weighted by atomic mass is 10.0. The predicted molar refractivity (Wildman–Crippen MR) is 125 cm³/mol. The lowest BCUT2D eigenvalue weighted by Crippen LogP contribution is -2.21. The van der Waals surface area contributed by atoms with Gasteiger partial charge in [0, 0.05) is 12.0 Å². The van der Waals surface area contributed by atoms with Crippen LogP contribution in [0.5, 0.6) is 5.75 Å². The van der Waals surface area contributed by atoms with Crippen molar-refractivity contribution in [3.63, 3.8) is 0 Å². The van der Waals surface area contributed by atoms with Crippen LogP contribution in [-0.4, -0.2) is 33.7 Å². The number of halogens is 4. The number of carbonyl (C=O) groups is 1. The van der Waals surface area contributed by atoms with Crippen LogP contribution in [-0.2, 0) is 29.3 Å². The number of nitrogens with one attached hydrogen (secondary N) is 1. The highest BCUT2D eigenvalue weighted by Gasteiger charge is 2.31. The van der Waals surface area contributed by atoms with Crippen molar-refractivity contribution in [2.45, 2.75) is 56.2 Å². The Bertz CT molecular complexity index is 1110. The number of para-hydroxylation sites is 1. The highest BCUT2D eigenvalue weighted by atomic mass is 35.5. The van der Waals surface area contributed by atoms with Crippen LogP contribution in [0.4, 0.5) is 13.2 Å². The summed E-state index contributed by atoms with van der Waals surface area (Å²) in [5.74, 6) is -0.335. The second kappa shape index (κ2) is 12.0. The van der Waals surface area contributed by atoms with Gasteiger partial charge in [-0.1, -0.05) is 18.2 Å². The third-order valence-corrected chi connectivity index (χ3v) is 6.56. The molecule has 6 nitrogen and oxygen atoms in total. The van der Waals surface area contributed by atoms with E-state index in [0.29, 0.717) is 49.9 Å². The van der Waals surface area contributed by atoms with Crippen LogP contribution < -0.4 is 15.2 Å². The van der Waals surface area contributed by atoms with Crippen molar-refractivity contribution in [2.24, 2.45) is 5.14 Å². The number of aryl methyl sites for hydroxylation is 1. The zero-order valence-electron chi connectivity index (χ0n) is 18.5. The van der Waals surface area contributed by atoms with Gasteiger partial charge in [-0.3, -0.25) is 4.79 Å². The van der Waals surface area contributed by atoms with Gasteiger partial charge in [-0.2, -0.15) is 0 Å². The Labute approximate surface area is 203 Å². The Kier molecular flexibility index (Phi) is 9.93. The first-order chi connectivity index (χ1) is 15.5. The maximum Gasteiger partial charge on any atom is 0.573 e. The van der Waals surface area contributed by atoms with Crippen molar-refractivity contribution in [2.75, 3.05) is 13.1 Å². The Balaban J connectivity index is 0.00000408. The molecule has 0 aromatic heterocycles. The van der Waals surface area contributed by atoms with Crippen molar-refractivity contribution in [3.05, 3.63) is 58.7 Å². The molecule has 0 saturated heterocycles. The number of fused-ring (bicyclic) bond motifs is 1. The van der Waals surface area contributed by atoms with Gasteiger partial charge in [0.2, 0.25) is 10.0 Å². The molecule has 0 atom stereocenters. The molecule has 0 saturated carbocycles. The summed E-state index contributed by atoms with van der Waals surface area (Å²) in [5.41, 5.74) is 2.43. The molecule has 0 radical (unpaired) electrons. The van der Waals surface area contributed by atoms with E-state index in [1.54, 1.807) is 18.2 Å². The van der Waals surface area contributed by atoms with Crippen molar-refractivity contribution in [1.82, 2.24) is 5.32 Å². The number of ketones is 1. The SMILES string of the molecule is Cl.NS(=O)(=O)c1cc(C(=O)CCCCNCCc2ccccc2OC(F)(F)F)cc2c1CCC2. The van der Waals surface area contributed by atoms with Crippen molar-refractivity contribution in [3.8, 4) is 5.75 Å². The molecule has 188 valence electrons. The first-order valence-electron chi connectivity index (χ1n) is 10.8.